The van der Waals surface area contributed by atoms with Gasteiger partial charge in [0.2, 0.25) is 5.28 Å². The molecule has 0 aliphatic heterocycles. The maximum absolute atomic E-state index is 11.4. The fourth-order valence-electron chi connectivity index (χ4n) is 1.45. The number of carbonyl (C=O) groups excluding carboxylic acids is 1. The molecular weight excluding hydrogens is 315 g/mol. The smallest absolute Gasteiger partial charge is 0.407 e. The van der Waals surface area contributed by atoms with E-state index in [0.29, 0.717) is 24.1 Å². The van der Waals surface area contributed by atoms with Crippen LogP contribution >= 0.6 is 23.2 Å². The summed E-state index contributed by atoms with van der Waals surface area (Å²) in [5.41, 5.74) is -0.475. The van der Waals surface area contributed by atoms with E-state index in [2.05, 4.69) is 20.6 Å². The Morgan fingerprint density at radius 2 is 1.90 bits per heavy atom. The summed E-state index contributed by atoms with van der Waals surface area (Å²) in [5, 5.41) is 6.19. The Morgan fingerprint density at radius 1 is 1.24 bits per heavy atom. The molecule has 0 unspecified atom stereocenters. The average molecular weight is 335 g/mol. The number of halogens is 2. The number of ether oxygens (including phenoxy) is 1. The lowest BCUT2D eigenvalue weighted by atomic mass is 10.2. The SMILES string of the molecule is CC(C)(C)OC(=O)NCCCCNc1cc(Cl)nc(Cl)n1. The highest BCUT2D eigenvalue weighted by atomic mass is 35.5. The van der Waals surface area contributed by atoms with Gasteiger partial charge < -0.3 is 15.4 Å². The van der Waals surface area contributed by atoms with Crippen molar-refractivity contribution in [3.8, 4) is 0 Å². The minimum Gasteiger partial charge on any atom is -0.444 e. The third kappa shape index (κ3) is 8.57. The van der Waals surface area contributed by atoms with Gasteiger partial charge in [0.05, 0.1) is 0 Å². The highest BCUT2D eigenvalue weighted by Crippen LogP contribution is 2.14. The van der Waals surface area contributed by atoms with Crippen molar-refractivity contribution in [1.29, 1.82) is 0 Å². The molecule has 1 rings (SSSR count). The zero-order valence-corrected chi connectivity index (χ0v) is 13.9. The summed E-state index contributed by atoms with van der Waals surface area (Å²) in [6.45, 7) is 6.74. The molecule has 1 heterocycles. The van der Waals surface area contributed by atoms with Crippen LogP contribution in [-0.2, 0) is 4.74 Å². The summed E-state index contributed by atoms with van der Waals surface area (Å²) < 4.78 is 5.13. The van der Waals surface area contributed by atoms with Gasteiger partial charge in [-0.05, 0) is 45.2 Å². The van der Waals surface area contributed by atoms with E-state index in [-0.39, 0.29) is 5.28 Å². The van der Waals surface area contributed by atoms with E-state index in [9.17, 15) is 4.79 Å². The van der Waals surface area contributed by atoms with Crippen LogP contribution in [0.2, 0.25) is 10.4 Å². The monoisotopic (exact) mass is 334 g/mol. The summed E-state index contributed by atoms with van der Waals surface area (Å²) in [5.74, 6) is 0.583. The average Bonchev–Trinajstić information content (AvgIpc) is 2.30. The lowest BCUT2D eigenvalue weighted by molar-refractivity contribution is 0.0527. The van der Waals surface area contributed by atoms with Crippen LogP contribution in [-0.4, -0.2) is 34.8 Å². The number of nitrogens with zero attached hydrogens (tertiary/aromatic N) is 2. The normalized spacial score (nSPS) is 11.1. The summed E-state index contributed by atoms with van der Waals surface area (Å²) in [7, 11) is 0. The van der Waals surface area contributed by atoms with Gasteiger partial charge in [0, 0.05) is 19.2 Å². The van der Waals surface area contributed by atoms with Gasteiger partial charge in [-0.15, -0.1) is 0 Å². The highest BCUT2D eigenvalue weighted by Gasteiger charge is 2.15. The van der Waals surface area contributed by atoms with Crippen LogP contribution in [0.3, 0.4) is 0 Å². The maximum Gasteiger partial charge on any atom is 0.407 e. The first kappa shape index (κ1) is 17.8. The summed E-state index contributed by atoms with van der Waals surface area (Å²) in [6, 6.07) is 1.60. The number of hydrogen-bond donors (Lipinski definition) is 2. The molecule has 0 saturated heterocycles. The lowest BCUT2D eigenvalue weighted by Gasteiger charge is -2.19. The van der Waals surface area contributed by atoms with E-state index in [0.717, 1.165) is 12.8 Å². The van der Waals surface area contributed by atoms with Gasteiger partial charge in [-0.1, -0.05) is 11.6 Å². The van der Waals surface area contributed by atoms with E-state index in [1.54, 1.807) is 6.07 Å². The van der Waals surface area contributed by atoms with E-state index in [4.69, 9.17) is 27.9 Å². The largest absolute Gasteiger partial charge is 0.444 e. The zero-order chi connectivity index (χ0) is 15.9. The van der Waals surface area contributed by atoms with Crippen LogP contribution in [0, 0.1) is 0 Å². The Balaban J connectivity index is 2.13. The molecule has 6 nitrogen and oxygen atoms in total. The van der Waals surface area contributed by atoms with Crippen molar-refractivity contribution in [2.24, 2.45) is 0 Å². The van der Waals surface area contributed by atoms with Crippen molar-refractivity contribution in [3.63, 3.8) is 0 Å². The second kappa shape index (κ2) is 8.24. The molecule has 0 saturated carbocycles. The molecule has 0 aliphatic carbocycles. The van der Waals surface area contributed by atoms with Crippen molar-refractivity contribution in [1.82, 2.24) is 15.3 Å². The number of alkyl carbamates (subject to hydrolysis) is 1. The number of nitrogens with one attached hydrogen (secondary N) is 2. The molecule has 0 aromatic carbocycles. The molecule has 1 aromatic heterocycles. The van der Waals surface area contributed by atoms with Crippen molar-refractivity contribution < 1.29 is 9.53 Å². The number of amides is 1. The molecule has 0 spiro atoms. The molecule has 118 valence electrons. The molecule has 0 atom stereocenters. The Kier molecular flexibility index (Phi) is 6.98. The summed E-state index contributed by atoms with van der Waals surface area (Å²) >= 11 is 11.5. The van der Waals surface area contributed by atoms with E-state index in [1.807, 2.05) is 20.8 Å². The Bertz CT molecular complexity index is 457. The van der Waals surface area contributed by atoms with E-state index in [1.165, 1.54) is 0 Å². The van der Waals surface area contributed by atoms with Gasteiger partial charge in [-0.25, -0.2) is 14.8 Å². The number of rotatable bonds is 6. The molecule has 0 radical (unpaired) electrons. The standard InChI is InChI=1S/C13H20Cl2N4O2/c1-13(2,3)21-12(20)17-7-5-4-6-16-10-8-9(14)18-11(15)19-10/h8H,4-7H2,1-3H3,(H,17,20)(H,16,18,19). The minimum absolute atomic E-state index is 0.108. The minimum atomic E-state index is -0.475. The quantitative estimate of drug-likeness (QED) is 0.473. The topological polar surface area (TPSA) is 76.1 Å². The molecular formula is C13H20Cl2N4O2. The molecule has 1 aromatic rings. The first-order chi connectivity index (χ1) is 9.76. The fraction of sp³-hybridized carbons (Fsp3) is 0.615. The molecule has 21 heavy (non-hydrogen) atoms. The van der Waals surface area contributed by atoms with Crippen molar-refractivity contribution in [2.75, 3.05) is 18.4 Å². The van der Waals surface area contributed by atoms with Crippen LogP contribution in [0.5, 0.6) is 0 Å². The third-order valence-electron chi connectivity index (χ3n) is 2.25. The van der Waals surface area contributed by atoms with Crippen LogP contribution in [0.25, 0.3) is 0 Å². The summed E-state index contributed by atoms with van der Waals surface area (Å²) in [6.07, 6.45) is 1.28. The molecule has 1 amide bonds. The van der Waals surface area contributed by atoms with E-state index >= 15 is 0 Å². The number of unbranched alkanes of at least 4 members (excludes halogenated alkanes) is 1. The fourth-order valence-corrected chi connectivity index (χ4v) is 1.86. The van der Waals surface area contributed by atoms with Crippen LogP contribution in [0.15, 0.2) is 6.07 Å². The van der Waals surface area contributed by atoms with Crippen molar-refractivity contribution in [2.45, 2.75) is 39.2 Å². The molecule has 0 fully saturated rings. The van der Waals surface area contributed by atoms with Gasteiger partial charge in [-0.3, -0.25) is 0 Å². The lowest BCUT2D eigenvalue weighted by Crippen LogP contribution is -2.33. The third-order valence-corrected chi connectivity index (χ3v) is 2.61. The number of aromatic nitrogens is 2. The van der Waals surface area contributed by atoms with Crippen LogP contribution in [0.4, 0.5) is 10.6 Å². The Labute approximate surface area is 134 Å². The molecule has 0 bridgehead atoms. The number of carbonyl (C=O) groups is 1. The predicted octanol–water partition coefficient (Wildman–Crippen LogP) is 3.50. The van der Waals surface area contributed by atoms with E-state index < -0.39 is 11.7 Å². The zero-order valence-electron chi connectivity index (χ0n) is 12.4. The molecule has 2 N–H and O–H groups in total. The number of anilines is 1. The summed E-state index contributed by atoms with van der Waals surface area (Å²) in [4.78, 5) is 19.1. The van der Waals surface area contributed by atoms with Crippen LogP contribution < -0.4 is 10.6 Å². The second-order valence-electron chi connectivity index (χ2n) is 5.41. The van der Waals surface area contributed by atoms with Gasteiger partial charge in [0.1, 0.15) is 16.6 Å². The van der Waals surface area contributed by atoms with Crippen LogP contribution in [0.1, 0.15) is 33.6 Å². The van der Waals surface area contributed by atoms with Crippen molar-refractivity contribution in [3.05, 3.63) is 16.5 Å². The Hall–Kier alpha value is -1.27. The first-order valence-electron chi connectivity index (χ1n) is 6.67. The van der Waals surface area contributed by atoms with Gasteiger partial charge >= 0.3 is 6.09 Å². The maximum atomic E-state index is 11.4. The molecule has 0 aliphatic rings. The van der Waals surface area contributed by atoms with Gasteiger partial charge in [0.25, 0.3) is 0 Å². The molecule has 8 heteroatoms. The Morgan fingerprint density at radius 3 is 2.52 bits per heavy atom. The predicted molar refractivity (Wildman–Crippen MR) is 84.0 cm³/mol. The van der Waals surface area contributed by atoms with Gasteiger partial charge in [-0.2, -0.15) is 0 Å². The van der Waals surface area contributed by atoms with Gasteiger partial charge in [0.15, 0.2) is 0 Å². The second-order valence-corrected chi connectivity index (χ2v) is 6.13. The number of hydrogen-bond acceptors (Lipinski definition) is 5. The highest BCUT2D eigenvalue weighted by molar-refractivity contribution is 6.32. The first-order valence-corrected chi connectivity index (χ1v) is 7.43. The van der Waals surface area contributed by atoms with Crippen molar-refractivity contribution >= 4 is 35.1 Å².